The molecule has 3 aromatic rings. The summed E-state index contributed by atoms with van der Waals surface area (Å²) in [7, 11) is 0. The molecule has 2 N–H and O–H groups in total. The van der Waals surface area contributed by atoms with E-state index in [1.54, 1.807) is 19.1 Å². The fraction of sp³-hybridized carbons (Fsp3) is 0.207. The normalized spacial score (nSPS) is 15.1. The summed E-state index contributed by atoms with van der Waals surface area (Å²) in [6, 6.07) is 20.9. The third kappa shape index (κ3) is 5.63. The van der Waals surface area contributed by atoms with Crippen LogP contribution < -0.4 is 10.6 Å². The predicted octanol–water partition coefficient (Wildman–Crippen LogP) is 5.66. The minimum atomic E-state index is -0.792. The number of carbonyl (C=O) groups excluding carboxylic acids is 2. The van der Waals surface area contributed by atoms with Crippen LogP contribution in [0.1, 0.15) is 35.3 Å². The summed E-state index contributed by atoms with van der Waals surface area (Å²) in [6.07, 6.45) is 1.50. The number of ether oxygens (including phenoxy) is 1. The Labute approximate surface area is 220 Å². The van der Waals surface area contributed by atoms with Gasteiger partial charge in [-0.3, -0.25) is 4.79 Å². The van der Waals surface area contributed by atoms with Crippen LogP contribution >= 0.6 is 11.8 Å². The van der Waals surface area contributed by atoms with Gasteiger partial charge < -0.3 is 19.8 Å². The van der Waals surface area contributed by atoms with Crippen molar-refractivity contribution < 1.29 is 18.7 Å². The summed E-state index contributed by atoms with van der Waals surface area (Å²) in [6.45, 7) is 5.80. The molecule has 0 saturated heterocycles. The lowest BCUT2D eigenvalue weighted by atomic mass is 9.84. The van der Waals surface area contributed by atoms with Crippen molar-refractivity contribution >= 4 is 35.0 Å². The van der Waals surface area contributed by atoms with E-state index in [0.29, 0.717) is 16.5 Å². The van der Waals surface area contributed by atoms with E-state index in [9.17, 15) is 14.9 Å². The molecule has 188 valence electrons. The Balaban J connectivity index is 1.72. The lowest BCUT2D eigenvalue weighted by molar-refractivity contribution is -0.138. The summed E-state index contributed by atoms with van der Waals surface area (Å²) in [5.74, 6) is -1.04. The molecule has 1 aliphatic heterocycles. The topological polar surface area (TPSA) is 104 Å². The van der Waals surface area contributed by atoms with Crippen LogP contribution in [0.15, 0.2) is 87.5 Å². The van der Waals surface area contributed by atoms with E-state index in [-0.39, 0.29) is 29.4 Å². The Morgan fingerprint density at radius 2 is 1.81 bits per heavy atom. The highest BCUT2D eigenvalue weighted by atomic mass is 32.2. The monoisotopic (exact) mass is 513 g/mol. The summed E-state index contributed by atoms with van der Waals surface area (Å²) < 4.78 is 11.1. The Morgan fingerprint density at radius 3 is 2.43 bits per heavy atom. The van der Waals surface area contributed by atoms with Crippen molar-refractivity contribution in [1.82, 2.24) is 5.32 Å². The van der Waals surface area contributed by atoms with Crippen LogP contribution in [-0.4, -0.2) is 24.2 Å². The SMILES string of the molecule is CCOC(=O)C1=C(c2ccccc2)NC(SCC(=O)Nc2c(C)cccc2C)=C(C#N)C1c1ccco1. The number of hydrogen-bond acceptors (Lipinski definition) is 7. The van der Waals surface area contributed by atoms with Crippen LogP contribution in [0.2, 0.25) is 0 Å². The third-order valence-electron chi connectivity index (χ3n) is 5.93. The van der Waals surface area contributed by atoms with E-state index in [2.05, 4.69) is 16.7 Å². The largest absolute Gasteiger partial charge is 0.468 e. The molecule has 0 radical (unpaired) electrons. The lowest BCUT2D eigenvalue weighted by Gasteiger charge is -2.29. The number of rotatable bonds is 8. The standard InChI is InChI=1S/C29H27N3O4S/c1-4-35-29(34)25-24(22-14-9-15-36-22)21(16-30)28(32-27(25)20-12-6-5-7-13-20)37-17-23(33)31-26-18(2)10-8-11-19(26)3/h5-15,24,32H,4,17H2,1-3H3,(H,31,33). The van der Waals surface area contributed by atoms with Crippen LogP contribution in [0.25, 0.3) is 5.70 Å². The second-order valence-corrected chi connectivity index (χ2v) is 9.39. The number of carbonyl (C=O) groups is 2. The maximum absolute atomic E-state index is 13.2. The molecule has 8 heteroatoms. The van der Waals surface area contributed by atoms with Crippen molar-refractivity contribution in [2.75, 3.05) is 17.7 Å². The first-order chi connectivity index (χ1) is 17.9. The van der Waals surface area contributed by atoms with Gasteiger partial charge >= 0.3 is 5.97 Å². The van der Waals surface area contributed by atoms with Gasteiger partial charge in [0, 0.05) is 5.69 Å². The molecule has 1 atom stereocenters. The first-order valence-electron chi connectivity index (χ1n) is 11.8. The zero-order chi connectivity index (χ0) is 26.4. The molecule has 0 aliphatic carbocycles. The van der Waals surface area contributed by atoms with Gasteiger partial charge in [-0.15, -0.1) is 0 Å². The van der Waals surface area contributed by atoms with Gasteiger partial charge in [0.15, 0.2) is 0 Å². The molecule has 37 heavy (non-hydrogen) atoms. The van der Waals surface area contributed by atoms with Gasteiger partial charge in [-0.05, 0) is 49.6 Å². The average molecular weight is 514 g/mol. The molecule has 1 aromatic heterocycles. The molecule has 1 unspecified atom stereocenters. The summed E-state index contributed by atoms with van der Waals surface area (Å²) >= 11 is 1.20. The fourth-order valence-corrected chi connectivity index (χ4v) is 5.06. The number of furan rings is 1. The summed E-state index contributed by atoms with van der Waals surface area (Å²) in [5.41, 5.74) is 4.54. The van der Waals surface area contributed by atoms with Gasteiger partial charge in [-0.2, -0.15) is 5.26 Å². The molecule has 0 spiro atoms. The number of esters is 1. The van der Waals surface area contributed by atoms with Gasteiger partial charge in [0.25, 0.3) is 0 Å². The average Bonchev–Trinajstić information content (AvgIpc) is 3.44. The Morgan fingerprint density at radius 1 is 1.08 bits per heavy atom. The number of nitriles is 1. The number of dihydropyridines is 1. The Bertz CT molecular complexity index is 1380. The van der Waals surface area contributed by atoms with Crippen molar-refractivity contribution in [3.63, 3.8) is 0 Å². The number of thioether (sulfide) groups is 1. The minimum Gasteiger partial charge on any atom is -0.468 e. The Kier molecular flexibility index (Phi) is 8.16. The number of anilines is 1. The highest BCUT2D eigenvalue weighted by Crippen LogP contribution is 2.43. The summed E-state index contributed by atoms with van der Waals surface area (Å²) in [4.78, 5) is 26.1. The molecule has 1 amide bonds. The molecular weight excluding hydrogens is 486 g/mol. The molecule has 1 aliphatic rings. The number of aryl methyl sites for hydroxylation is 2. The molecule has 7 nitrogen and oxygen atoms in total. The van der Waals surface area contributed by atoms with Crippen molar-refractivity contribution in [2.24, 2.45) is 0 Å². The second kappa shape index (κ2) is 11.7. The Hall–Kier alpha value is -4.22. The van der Waals surface area contributed by atoms with Crippen molar-refractivity contribution in [3.8, 4) is 6.07 Å². The van der Waals surface area contributed by atoms with Gasteiger partial charge in [0.2, 0.25) is 5.91 Å². The quantitative estimate of drug-likeness (QED) is 0.374. The maximum atomic E-state index is 13.2. The zero-order valence-electron chi connectivity index (χ0n) is 20.8. The molecule has 0 saturated carbocycles. The molecule has 0 bridgehead atoms. The first-order valence-corrected chi connectivity index (χ1v) is 12.8. The van der Waals surface area contributed by atoms with Crippen molar-refractivity contribution in [2.45, 2.75) is 26.7 Å². The van der Waals surface area contributed by atoms with Gasteiger partial charge in [-0.1, -0.05) is 60.3 Å². The van der Waals surface area contributed by atoms with Gasteiger partial charge in [-0.25, -0.2) is 4.79 Å². The van der Waals surface area contributed by atoms with E-state index in [0.717, 1.165) is 22.4 Å². The number of benzene rings is 2. The van der Waals surface area contributed by atoms with Crippen LogP contribution in [0, 0.1) is 25.2 Å². The predicted molar refractivity (Wildman–Crippen MR) is 144 cm³/mol. The fourth-order valence-electron chi connectivity index (χ4n) is 4.22. The molecule has 4 rings (SSSR count). The number of nitrogens with zero attached hydrogens (tertiary/aromatic N) is 1. The number of nitrogens with one attached hydrogen (secondary N) is 2. The van der Waals surface area contributed by atoms with Crippen LogP contribution in [-0.2, 0) is 14.3 Å². The van der Waals surface area contributed by atoms with Crippen LogP contribution in [0.5, 0.6) is 0 Å². The number of hydrogen-bond donors (Lipinski definition) is 2. The molecule has 2 heterocycles. The van der Waals surface area contributed by atoms with Crippen molar-refractivity contribution in [1.29, 1.82) is 5.26 Å². The second-order valence-electron chi connectivity index (χ2n) is 8.41. The van der Waals surface area contributed by atoms with E-state index < -0.39 is 11.9 Å². The van der Waals surface area contributed by atoms with Gasteiger partial charge in [0.05, 0.1) is 52.5 Å². The van der Waals surface area contributed by atoms with E-state index >= 15 is 0 Å². The van der Waals surface area contributed by atoms with E-state index in [1.807, 2.05) is 62.4 Å². The number of para-hydroxylation sites is 1. The molecule has 0 fully saturated rings. The zero-order valence-corrected chi connectivity index (χ0v) is 21.6. The summed E-state index contributed by atoms with van der Waals surface area (Å²) in [5, 5.41) is 16.9. The third-order valence-corrected chi connectivity index (χ3v) is 6.95. The van der Waals surface area contributed by atoms with Gasteiger partial charge in [0.1, 0.15) is 5.76 Å². The maximum Gasteiger partial charge on any atom is 0.337 e. The number of amides is 1. The van der Waals surface area contributed by atoms with E-state index in [1.165, 1.54) is 18.0 Å². The first kappa shape index (κ1) is 25.9. The van der Waals surface area contributed by atoms with Crippen LogP contribution in [0.3, 0.4) is 0 Å². The highest BCUT2D eigenvalue weighted by molar-refractivity contribution is 8.03. The minimum absolute atomic E-state index is 0.0585. The van der Waals surface area contributed by atoms with E-state index in [4.69, 9.17) is 9.15 Å². The number of allylic oxidation sites excluding steroid dienone is 1. The highest BCUT2D eigenvalue weighted by Gasteiger charge is 2.38. The molecule has 2 aromatic carbocycles. The smallest absolute Gasteiger partial charge is 0.337 e. The lowest BCUT2D eigenvalue weighted by Crippen LogP contribution is -2.29. The molecular formula is C29H27N3O4S. The van der Waals surface area contributed by atoms with Crippen LogP contribution in [0.4, 0.5) is 5.69 Å². The van der Waals surface area contributed by atoms with Crippen molar-refractivity contribution in [3.05, 3.63) is 106 Å².